The van der Waals surface area contributed by atoms with E-state index in [1.807, 2.05) is 48.8 Å². The largest absolute Gasteiger partial charge is 0.354 e. The molecule has 1 N–H and O–H groups in total. The van der Waals surface area contributed by atoms with Crippen LogP contribution in [-0.4, -0.2) is 26.4 Å². The number of aliphatic imine (C=N–C) groups is 2. The fraction of sp³-hybridized carbons (Fsp3) is 0.0233. The van der Waals surface area contributed by atoms with Crippen LogP contribution in [0.25, 0.3) is 22.3 Å². The third kappa shape index (κ3) is 4.89. The molecule has 3 aliphatic heterocycles. The molecule has 0 saturated heterocycles. The maximum atomic E-state index is 5.34. The monoisotopic (exact) mass is 615 g/mol. The zero-order valence-electron chi connectivity index (χ0n) is 26.0. The Morgan fingerprint density at radius 3 is 1.52 bits per heavy atom. The Hall–Kier alpha value is -6.46. The summed E-state index contributed by atoms with van der Waals surface area (Å²) in [5.74, 6) is 0. The van der Waals surface area contributed by atoms with Crippen molar-refractivity contribution in [3.8, 4) is 0 Å². The number of aromatic amines is 1. The van der Waals surface area contributed by atoms with Crippen LogP contribution in [0.4, 0.5) is 0 Å². The minimum Gasteiger partial charge on any atom is -0.354 e. The third-order valence-corrected chi connectivity index (χ3v) is 9.01. The topological polar surface area (TPSA) is 66.3 Å². The molecule has 0 atom stereocenters. The number of pyridine rings is 2. The van der Waals surface area contributed by atoms with Gasteiger partial charge >= 0.3 is 0 Å². The van der Waals surface area contributed by atoms with Crippen molar-refractivity contribution in [1.29, 1.82) is 0 Å². The van der Waals surface area contributed by atoms with Gasteiger partial charge in [0.05, 0.1) is 39.9 Å². The first kappa shape index (κ1) is 27.8. The van der Waals surface area contributed by atoms with E-state index in [2.05, 4.69) is 114 Å². The second kappa shape index (κ2) is 11.7. The molecule has 0 radical (unpaired) electrons. The maximum Gasteiger partial charge on any atom is 0.0753 e. The number of hydrogen-bond acceptors (Lipinski definition) is 4. The molecule has 1 aliphatic carbocycles. The number of nitrogens with zero attached hydrogens (tertiary/aromatic N) is 4. The Morgan fingerprint density at radius 1 is 0.417 bits per heavy atom. The predicted octanol–water partition coefficient (Wildman–Crippen LogP) is 9.23. The van der Waals surface area contributed by atoms with Gasteiger partial charge in [-0.3, -0.25) is 9.97 Å². The molecule has 0 fully saturated rings. The van der Waals surface area contributed by atoms with Gasteiger partial charge in [-0.2, -0.15) is 0 Å². The van der Waals surface area contributed by atoms with Crippen LogP contribution in [0.3, 0.4) is 0 Å². The molecule has 9 rings (SSSR count). The van der Waals surface area contributed by atoms with Crippen LogP contribution in [0.1, 0.15) is 40.3 Å². The zero-order valence-corrected chi connectivity index (χ0v) is 26.0. The fourth-order valence-electron chi connectivity index (χ4n) is 6.87. The van der Waals surface area contributed by atoms with E-state index in [1.165, 1.54) is 11.1 Å². The number of aromatic nitrogens is 3. The number of benzene rings is 2. The number of allylic oxidation sites excluding steroid dienone is 10. The summed E-state index contributed by atoms with van der Waals surface area (Å²) >= 11 is 0. The Kier molecular flexibility index (Phi) is 6.79. The van der Waals surface area contributed by atoms with Crippen molar-refractivity contribution in [2.75, 3.05) is 0 Å². The Labute approximate surface area is 278 Å². The van der Waals surface area contributed by atoms with E-state index in [0.717, 1.165) is 85.4 Å². The maximum absolute atomic E-state index is 5.34. The number of rotatable bonds is 4. The molecule has 2 aromatic carbocycles. The van der Waals surface area contributed by atoms with E-state index < -0.39 is 0 Å². The van der Waals surface area contributed by atoms with Gasteiger partial charge in [0.1, 0.15) is 0 Å². The van der Waals surface area contributed by atoms with Crippen molar-refractivity contribution in [2.45, 2.75) is 6.42 Å². The summed E-state index contributed by atoms with van der Waals surface area (Å²) in [7, 11) is 0. The van der Waals surface area contributed by atoms with Crippen LogP contribution in [0.15, 0.2) is 191 Å². The predicted molar refractivity (Wildman–Crippen MR) is 195 cm³/mol. The lowest BCUT2D eigenvalue weighted by molar-refractivity contribution is 1.22. The minimum atomic E-state index is 0.727. The molecule has 48 heavy (non-hydrogen) atoms. The fourth-order valence-corrected chi connectivity index (χ4v) is 6.87. The molecule has 4 aliphatic rings. The first-order valence-corrected chi connectivity index (χ1v) is 16.1. The SMILES string of the molecule is C1=CC2=C(c3ccccn3)c3ccc([nH]3)C(c3ccccc3)=C3C=CC(=N3)C(c3ccccn3)=C3C=CC(=C(c4ccccc4)C1=N2)C3. The van der Waals surface area contributed by atoms with Crippen LogP contribution in [0, 0.1) is 0 Å². The highest BCUT2D eigenvalue weighted by molar-refractivity contribution is 6.33. The van der Waals surface area contributed by atoms with E-state index in [0.29, 0.717) is 0 Å². The molecule has 3 aromatic heterocycles. The van der Waals surface area contributed by atoms with Crippen LogP contribution < -0.4 is 0 Å². The van der Waals surface area contributed by atoms with Crippen LogP contribution in [0.2, 0.25) is 0 Å². The van der Waals surface area contributed by atoms with Crippen LogP contribution in [0.5, 0.6) is 0 Å². The number of fused-ring (bicyclic) bond motifs is 6. The van der Waals surface area contributed by atoms with Gasteiger partial charge in [0.25, 0.3) is 0 Å². The van der Waals surface area contributed by atoms with Crippen molar-refractivity contribution in [3.63, 3.8) is 0 Å². The van der Waals surface area contributed by atoms with Gasteiger partial charge in [-0.05, 0) is 89.4 Å². The molecule has 5 heteroatoms. The van der Waals surface area contributed by atoms with Gasteiger partial charge in [0, 0.05) is 40.4 Å². The van der Waals surface area contributed by atoms with Gasteiger partial charge in [0.15, 0.2) is 0 Å². The normalized spacial score (nSPS) is 16.8. The highest BCUT2D eigenvalue weighted by Crippen LogP contribution is 2.40. The summed E-state index contributed by atoms with van der Waals surface area (Å²) in [6.45, 7) is 0. The van der Waals surface area contributed by atoms with Crippen LogP contribution in [-0.2, 0) is 0 Å². The van der Waals surface area contributed by atoms with E-state index >= 15 is 0 Å². The molecule has 0 amide bonds. The molecule has 6 heterocycles. The Bertz CT molecular complexity index is 2190. The molecule has 0 saturated carbocycles. The van der Waals surface area contributed by atoms with Crippen molar-refractivity contribution in [3.05, 3.63) is 214 Å². The summed E-state index contributed by atoms with van der Waals surface area (Å²) < 4.78 is 0. The molecular weight excluding hydrogens is 587 g/mol. The van der Waals surface area contributed by atoms with Gasteiger partial charge in [0.2, 0.25) is 0 Å². The van der Waals surface area contributed by atoms with Gasteiger partial charge in [-0.1, -0.05) is 84.9 Å². The number of nitrogens with one attached hydrogen (secondary N) is 1. The molecule has 5 nitrogen and oxygen atoms in total. The lowest BCUT2D eigenvalue weighted by Gasteiger charge is -2.14. The third-order valence-electron chi connectivity index (χ3n) is 9.01. The summed E-state index contributed by atoms with van der Waals surface area (Å²) in [5, 5.41) is 0. The second-order valence-corrected chi connectivity index (χ2v) is 11.9. The molecule has 5 aromatic rings. The number of hydrogen-bond donors (Lipinski definition) is 1. The van der Waals surface area contributed by atoms with Crippen molar-refractivity contribution in [2.24, 2.45) is 9.98 Å². The van der Waals surface area contributed by atoms with E-state index in [4.69, 9.17) is 20.0 Å². The summed E-state index contributed by atoms with van der Waals surface area (Å²) in [5.41, 5.74) is 15.9. The lowest BCUT2D eigenvalue weighted by Crippen LogP contribution is -2.04. The van der Waals surface area contributed by atoms with Crippen molar-refractivity contribution < 1.29 is 0 Å². The second-order valence-electron chi connectivity index (χ2n) is 11.9. The smallest absolute Gasteiger partial charge is 0.0753 e. The average molecular weight is 616 g/mol. The standard InChI is InChI=1S/C43H29N5/c1-3-11-28(12-4-1)40-30-17-18-31(27-30)42(32-15-7-9-25-44-32)37-21-20-35(47-37)41(29-13-5-2-6-14-29)36-22-24-39(48-36)43(33-16-8-10-26-45-33)38-23-19-34(40)46-38/h1-26,48H,27H2. The first-order valence-electron chi connectivity index (χ1n) is 16.1. The van der Waals surface area contributed by atoms with E-state index in [9.17, 15) is 0 Å². The summed E-state index contributed by atoms with van der Waals surface area (Å²) in [6.07, 6.45) is 17.4. The van der Waals surface area contributed by atoms with Crippen molar-refractivity contribution in [1.82, 2.24) is 15.0 Å². The average Bonchev–Trinajstić information content (AvgIpc) is 3.98. The molecule has 8 bridgehead atoms. The highest BCUT2D eigenvalue weighted by Gasteiger charge is 2.27. The van der Waals surface area contributed by atoms with Gasteiger partial charge in [-0.15, -0.1) is 0 Å². The lowest BCUT2D eigenvalue weighted by atomic mass is 9.92. The van der Waals surface area contributed by atoms with E-state index in [-0.39, 0.29) is 0 Å². The quantitative estimate of drug-likeness (QED) is 0.219. The molecular formula is C43H29N5. The minimum absolute atomic E-state index is 0.727. The van der Waals surface area contributed by atoms with E-state index in [1.54, 1.807) is 0 Å². The van der Waals surface area contributed by atoms with Gasteiger partial charge in [-0.25, -0.2) is 9.98 Å². The van der Waals surface area contributed by atoms with Crippen LogP contribution >= 0.6 is 0 Å². The Morgan fingerprint density at radius 2 is 0.917 bits per heavy atom. The summed E-state index contributed by atoms with van der Waals surface area (Å²) in [4.78, 5) is 24.0. The van der Waals surface area contributed by atoms with Gasteiger partial charge < -0.3 is 4.98 Å². The summed E-state index contributed by atoms with van der Waals surface area (Å²) in [6, 6.07) is 37.3. The molecule has 0 unspecified atom stereocenters. The molecule has 0 spiro atoms. The molecule has 226 valence electrons. The Balaban J connectivity index is 1.36. The zero-order chi connectivity index (χ0) is 31.9. The highest BCUT2D eigenvalue weighted by atomic mass is 14.8. The number of H-pyrrole nitrogens is 1. The van der Waals surface area contributed by atoms with Crippen molar-refractivity contribution >= 4 is 33.7 Å². The first-order chi connectivity index (χ1) is 23.8.